The van der Waals surface area contributed by atoms with E-state index in [9.17, 15) is 9.59 Å². The molecule has 1 aromatic carbocycles. The minimum atomic E-state index is -0.373. The van der Waals surface area contributed by atoms with E-state index in [-0.39, 0.29) is 18.1 Å². The highest BCUT2D eigenvalue weighted by Crippen LogP contribution is 2.22. The largest absolute Gasteiger partial charge is 0.461 e. The summed E-state index contributed by atoms with van der Waals surface area (Å²) in [5.74, 6) is -0.373. The van der Waals surface area contributed by atoms with E-state index in [2.05, 4.69) is 10.3 Å². The van der Waals surface area contributed by atoms with Crippen molar-refractivity contribution in [1.82, 2.24) is 15.2 Å². The van der Waals surface area contributed by atoms with Crippen LogP contribution in [0.3, 0.4) is 0 Å². The normalized spacial score (nSPS) is 15.7. The fraction of sp³-hybridized carbons (Fsp3) is 0.500. The van der Waals surface area contributed by atoms with Crippen molar-refractivity contribution >= 4 is 12.0 Å². The summed E-state index contributed by atoms with van der Waals surface area (Å²) in [6.07, 6.45) is 2.08. The second-order valence-corrected chi connectivity index (χ2v) is 8.11. The first-order chi connectivity index (χ1) is 14.9. The molecule has 31 heavy (non-hydrogen) atoms. The molecule has 0 unspecified atom stereocenters. The van der Waals surface area contributed by atoms with Crippen LogP contribution in [0.5, 0.6) is 0 Å². The van der Waals surface area contributed by atoms with Crippen molar-refractivity contribution in [3.8, 4) is 0 Å². The molecule has 1 atom stereocenters. The quantitative estimate of drug-likeness (QED) is 0.624. The van der Waals surface area contributed by atoms with Crippen molar-refractivity contribution in [2.75, 3.05) is 19.8 Å². The average molecular weight is 428 g/mol. The first-order valence-electron chi connectivity index (χ1n) is 10.9. The highest BCUT2D eigenvalue weighted by Gasteiger charge is 2.23. The van der Waals surface area contributed by atoms with Gasteiger partial charge in [0.05, 0.1) is 12.7 Å². The minimum absolute atomic E-state index is 0.0799. The summed E-state index contributed by atoms with van der Waals surface area (Å²) in [4.78, 5) is 30.3. The number of carbonyl (C=O) groups excluding carboxylic acids is 2. The van der Waals surface area contributed by atoms with E-state index in [0.717, 1.165) is 41.8 Å². The number of aryl methyl sites for hydroxylation is 2. The summed E-state index contributed by atoms with van der Waals surface area (Å²) >= 11 is 0. The Morgan fingerprint density at radius 2 is 1.94 bits per heavy atom. The first-order valence-corrected chi connectivity index (χ1v) is 10.9. The number of hydrogen-bond acceptors (Lipinski definition) is 4. The maximum atomic E-state index is 13.1. The average Bonchev–Trinajstić information content (AvgIpc) is 3.36. The second kappa shape index (κ2) is 10.5. The lowest BCUT2D eigenvalue weighted by molar-refractivity contribution is 0.0519. The number of ether oxygens (including phenoxy) is 2. The molecule has 2 aromatic rings. The van der Waals surface area contributed by atoms with Gasteiger partial charge in [0.15, 0.2) is 0 Å². The third-order valence-electron chi connectivity index (χ3n) is 5.71. The summed E-state index contributed by atoms with van der Waals surface area (Å²) in [6.45, 7) is 10.1. The number of benzene rings is 1. The number of rotatable bonds is 8. The van der Waals surface area contributed by atoms with Crippen molar-refractivity contribution in [2.24, 2.45) is 0 Å². The standard InChI is InChI=1S/C24H33N3O4/c1-5-30-23(28)22-17(3)21(18(4)26-22)15-27(14-19-10-8-16(2)9-11-19)24(29)25-13-20-7-6-12-31-20/h8-11,20,26H,5-7,12-15H2,1-4H3,(H,25,29)/t20-/m1/s1. The molecule has 0 radical (unpaired) electrons. The highest BCUT2D eigenvalue weighted by molar-refractivity contribution is 5.89. The van der Waals surface area contributed by atoms with Crippen molar-refractivity contribution < 1.29 is 19.1 Å². The van der Waals surface area contributed by atoms with Crippen LogP contribution in [0.25, 0.3) is 0 Å². The fourth-order valence-corrected chi connectivity index (χ4v) is 3.86. The SMILES string of the molecule is CCOC(=O)c1[nH]c(C)c(CN(Cc2ccc(C)cc2)C(=O)NC[C@H]2CCCO2)c1C. The molecule has 3 rings (SSSR count). The number of aromatic nitrogens is 1. The molecule has 7 nitrogen and oxygen atoms in total. The molecule has 0 spiro atoms. The molecule has 1 aliphatic rings. The lowest BCUT2D eigenvalue weighted by atomic mass is 10.1. The summed E-state index contributed by atoms with van der Waals surface area (Å²) in [7, 11) is 0. The Morgan fingerprint density at radius 1 is 1.19 bits per heavy atom. The molecule has 2 N–H and O–H groups in total. The number of carbonyl (C=O) groups is 2. The number of nitrogens with zero attached hydrogens (tertiary/aromatic N) is 1. The number of H-pyrrole nitrogens is 1. The molecule has 1 fully saturated rings. The van der Waals surface area contributed by atoms with Crippen LogP contribution >= 0.6 is 0 Å². The van der Waals surface area contributed by atoms with E-state index in [1.165, 1.54) is 5.56 Å². The van der Waals surface area contributed by atoms with E-state index >= 15 is 0 Å². The van der Waals surface area contributed by atoms with Crippen LogP contribution in [0.1, 0.15) is 58.2 Å². The molecule has 1 saturated heterocycles. The van der Waals surface area contributed by atoms with Crippen molar-refractivity contribution in [3.63, 3.8) is 0 Å². The Hall–Kier alpha value is -2.80. The number of esters is 1. The number of urea groups is 1. The maximum Gasteiger partial charge on any atom is 0.355 e. The van der Waals surface area contributed by atoms with Gasteiger partial charge >= 0.3 is 12.0 Å². The summed E-state index contributed by atoms with van der Waals surface area (Å²) in [6, 6.07) is 8.02. The van der Waals surface area contributed by atoms with Crippen molar-refractivity contribution in [2.45, 2.75) is 59.7 Å². The van der Waals surface area contributed by atoms with E-state index < -0.39 is 0 Å². The van der Waals surface area contributed by atoms with Crippen molar-refractivity contribution in [3.05, 3.63) is 57.9 Å². The maximum absolute atomic E-state index is 13.1. The highest BCUT2D eigenvalue weighted by atomic mass is 16.5. The number of amides is 2. The Morgan fingerprint density at radius 3 is 2.58 bits per heavy atom. The molecule has 1 aromatic heterocycles. The summed E-state index contributed by atoms with van der Waals surface area (Å²) in [5.41, 5.74) is 5.29. The Balaban J connectivity index is 1.79. The van der Waals surface area contributed by atoms with E-state index in [0.29, 0.717) is 31.9 Å². The molecule has 2 amide bonds. The van der Waals surface area contributed by atoms with Gasteiger partial charge in [-0.25, -0.2) is 9.59 Å². The number of aromatic amines is 1. The van der Waals surface area contributed by atoms with Crippen LogP contribution in [0, 0.1) is 20.8 Å². The molecule has 168 valence electrons. The lowest BCUT2D eigenvalue weighted by Crippen LogP contribution is -2.42. The Bertz CT molecular complexity index is 898. The van der Waals surface area contributed by atoms with Gasteiger partial charge in [-0.05, 0) is 57.2 Å². The zero-order valence-corrected chi connectivity index (χ0v) is 18.9. The van der Waals surface area contributed by atoms with Crippen LogP contribution in [-0.2, 0) is 22.6 Å². The Kier molecular flexibility index (Phi) is 7.74. The van der Waals surface area contributed by atoms with E-state index in [1.807, 2.05) is 45.0 Å². The fourth-order valence-electron chi connectivity index (χ4n) is 3.86. The van der Waals surface area contributed by atoms with Crippen LogP contribution in [0.15, 0.2) is 24.3 Å². The predicted octanol–water partition coefficient (Wildman–Crippen LogP) is 4.01. The van der Waals surface area contributed by atoms with Crippen LogP contribution in [0.2, 0.25) is 0 Å². The van der Waals surface area contributed by atoms with Gasteiger partial charge in [0, 0.05) is 31.9 Å². The smallest absolute Gasteiger partial charge is 0.355 e. The van der Waals surface area contributed by atoms with Crippen LogP contribution < -0.4 is 5.32 Å². The third kappa shape index (κ3) is 5.88. The molecule has 1 aliphatic heterocycles. The van der Waals surface area contributed by atoms with Crippen LogP contribution in [0.4, 0.5) is 4.79 Å². The number of nitrogens with one attached hydrogen (secondary N) is 2. The molecule has 0 aliphatic carbocycles. The minimum Gasteiger partial charge on any atom is -0.461 e. The number of hydrogen-bond donors (Lipinski definition) is 2. The van der Waals surface area contributed by atoms with Crippen molar-refractivity contribution in [1.29, 1.82) is 0 Å². The molecular weight excluding hydrogens is 394 g/mol. The van der Waals surface area contributed by atoms with E-state index in [4.69, 9.17) is 9.47 Å². The monoisotopic (exact) mass is 427 g/mol. The zero-order valence-electron chi connectivity index (χ0n) is 18.9. The van der Waals surface area contributed by atoms with Gasteiger partial charge in [0.2, 0.25) is 0 Å². The topological polar surface area (TPSA) is 83.7 Å². The Labute approximate surface area is 184 Å². The lowest BCUT2D eigenvalue weighted by Gasteiger charge is -2.25. The van der Waals surface area contributed by atoms with Gasteiger partial charge in [-0.2, -0.15) is 0 Å². The van der Waals surface area contributed by atoms with E-state index in [1.54, 1.807) is 11.8 Å². The molecule has 7 heteroatoms. The zero-order chi connectivity index (χ0) is 22.4. The van der Waals surface area contributed by atoms with Gasteiger partial charge < -0.3 is 24.7 Å². The van der Waals surface area contributed by atoms with Gasteiger partial charge in [0.1, 0.15) is 5.69 Å². The van der Waals surface area contributed by atoms with Gasteiger partial charge in [-0.1, -0.05) is 29.8 Å². The van der Waals surface area contributed by atoms with Gasteiger partial charge in [-0.15, -0.1) is 0 Å². The van der Waals surface area contributed by atoms with Gasteiger partial charge in [0.25, 0.3) is 0 Å². The second-order valence-electron chi connectivity index (χ2n) is 8.11. The summed E-state index contributed by atoms with van der Waals surface area (Å²) < 4.78 is 10.8. The molecule has 0 saturated carbocycles. The third-order valence-corrected chi connectivity index (χ3v) is 5.71. The van der Waals surface area contributed by atoms with Crippen LogP contribution in [-0.4, -0.2) is 47.7 Å². The summed E-state index contributed by atoms with van der Waals surface area (Å²) in [5, 5.41) is 3.03. The first kappa shape index (κ1) is 22.9. The predicted molar refractivity (Wildman–Crippen MR) is 119 cm³/mol. The molecule has 2 heterocycles. The van der Waals surface area contributed by atoms with Gasteiger partial charge in [-0.3, -0.25) is 0 Å². The molecular formula is C24H33N3O4. The molecule has 0 bridgehead atoms.